The quantitative estimate of drug-likeness (QED) is 0.0539. The lowest BCUT2D eigenvalue weighted by Crippen LogP contribution is -2.42. The second-order valence-electron chi connectivity index (χ2n) is 28.3. The lowest BCUT2D eigenvalue weighted by molar-refractivity contribution is -0.137. The predicted molar refractivity (Wildman–Crippen MR) is 421 cm³/mol. The molecule has 1 fully saturated rings. The van der Waals surface area contributed by atoms with Crippen LogP contribution in [0.2, 0.25) is 15.1 Å². The molecule has 3 unspecified atom stereocenters. The van der Waals surface area contributed by atoms with E-state index in [0.717, 1.165) is 178 Å². The number of carbonyl (C=O) groups excluding carboxylic acids is 3. The summed E-state index contributed by atoms with van der Waals surface area (Å²) in [6.07, 6.45) is 11.5. The number of morpholine rings is 1. The van der Waals surface area contributed by atoms with E-state index in [1.807, 2.05) is 170 Å². The third kappa shape index (κ3) is 17.1. The Morgan fingerprint density at radius 2 is 0.824 bits per heavy atom. The molecule has 9 heterocycles. The molecule has 5 aromatic heterocycles. The van der Waals surface area contributed by atoms with Crippen molar-refractivity contribution in [1.82, 2.24) is 64.1 Å². The summed E-state index contributed by atoms with van der Waals surface area (Å²) >= 11 is 18.9. The topological polar surface area (TPSA) is 219 Å². The highest BCUT2D eigenvalue weighted by Gasteiger charge is 2.39. The maximum Gasteiger partial charge on any atom is 0.254 e. The summed E-state index contributed by atoms with van der Waals surface area (Å²) in [5.74, 6) is 3.32. The van der Waals surface area contributed by atoms with Crippen molar-refractivity contribution >= 4 is 85.2 Å². The molecular weight excluding hydrogens is 1430 g/mol. The first-order valence-electron chi connectivity index (χ1n) is 37.2. The zero-order valence-electron chi connectivity index (χ0n) is 61.4. The lowest BCUT2D eigenvalue weighted by atomic mass is 9.91. The molecule has 560 valence electrons. The highest BCUT2D eigenvalue weighted by Crippen LogP contribution is 2.44. The number of aromatic nitrogens is 9. The number of H-pyrrole nitrogens is 3. The normalized spacial score (nSPS) is 16.4. The van der Waals surface area contributed by atoms with Crippen LogP contribution in [0.4, 0.5) is 0 Å². The number of benzene rings is 7. The van der Waals surface area contributed by atoms with Crippen LogP contribution in [0, 0.1) is 11.8 Å². The molecule has 16 rings (SSSR count). The van der Waals surface area contributed by atoms with Gasteiger partial charge < -0.3 is 53.3 Å². The molecule has 0 saturated carbocycles. The second kappa shape index (κ2) is 34.4. The number of rotatable bonds is 22. The zero-order chi connectivity index (χ0) is 74.8. The molecule has 3 amide bonds. The molecule has 1 saturated heterocycles. The SMILES string of the molecule is CC(C)C(=O)N1CCc2c([nH]c3ccc(Cl)cc23)C1c1ccc(OCCCN2CCOCC2)cc1.CC(C)C(=O)N1CCc2c([nH]c3ccc(Cl)cc23)C1c1ccc(OCCCn2cncn2)cc1.COc1ccc(C(=O)N2CCc3c([nH]c4ccc(Cl)cc34)C2c2ccc(OCCCn3cncn3)cc2)cc1. The van der Waals surface area contributed by atoms with Gasteiger partial charge in [0, 0.05) is 147 Å². The van der Waals surface area contributed by atoms with E-state index in [9.17, 15) is 14.4 Å². The van der Waals surface area contributed by atoms with Gasteiger partial charge in [-0.1, -0.05) is 98.9 Å². The predicted octanol–water partition coefficient (Wildman–Crippen LogP) is 15.7. The number of nitrogens with zero attached hydrogens (tertiary/aromatic N) is 10. The van der Waals surface area contributed by atoms with Crippen LogP contribution in [0.3, 0.4) is 0 Å². The molecule has 3 atom stereocenters. The van der Waals surface area contributed by atoms with E-state index in [2.05, 4.69) is 64.3 Å². The van der Waals surface area contributed by atoms with Gasteiger partial charge in [-0.2, -0.15) is 10.2 Å². The van der Waals surface area contributed by atoms with Gasteiger partial charge in [-0.3, -0.25) is 28.6 Å². The third-order valence-electron chi connectivity index (χ3n) is 20.5. The van der Waals surface area contributed by atoms with Crippen LogP contribution in [0.5, 0.6) is 23.0 Å². The largest absolute Gasteiger partial charge is 0.497 e. The fraction of sp³-hybridized carbons (Fsp3) is 0.345. The summed E-state index contributed by atoms with van der Waals surface area (Å²) < 4.78 is 32.2. The van der Waals surface area contributed by atoms with E-state index >= 15 is 0 Å². The number of methoxy groups -OCH3 is 1. The highest BCUT2D eigenvalue weighted by atomic mass is 35.5. The van der Waals surface area contributed by atoms with Gasteiger partial charge in [0.15, 0.2) is 0 Å². The molecule has 0 bridgehead atoms. The van der Waals surface area contributed by atoms with Gasteiger partial charge in [-0.05, 0) is 174 Å². The Morgan fingerprint density at radius 3 is 1.19 bits per heavy atom. The van der Waals surface area contributed by atoms with E-state index in [1.165, 1.54) is 29.3 Å². The first kappa shape index (κ1) is 74.7. The monoisotopic (exact) mass is 1510 g/mol. The number of aryl methyl sites for hydroxylation is 2. The van der Waals surface area contributed by atoms with E-state index in [4.69, 9.17) is 58.5 Å². The molecule has 0 aliphatic carbocycles. The van der Waals surface area contributed by atoms with Gasteiger partial charge in [0.25, 0.3) is 5.91 Å². The number of amides is 3. The average Bonchev–Trinajstić information content (AvgIpc) is 1.61. The van der Waals surface area contributed by atoms with Crippen molar-refractivity contribution in [2.45, 2.75) is 97.4 Å². The molecule has 7 aromatic carbocycles. The molecule has 3 N–H and O–H groups in total. The smallest absolute Gasteiger partial charge is 0.254 e. The fourth-order valence-electron chi connectivity index (χ4n) is 15.1. The number of fused-ring (bicyclic) bond motifs is 9. The van der Waals surface area contributed by atoms with Crippen LogP contribution in [0.1, 0.15) is 126 Å². The molecule has 4 aliphatic heterocycles. The molecule has 12 aromatic rings. The Morgan fingerprint density at radius 1 is 0.463 bits per heavy atom. The van der Waals surface area contributed by atoms with Gasteiger partial charge in [0.05, 0.1) is 58.3 Å². The number of carbonyl (C=O) groups is 3. The summed E-state index contributed by atoms with van der Waals surface area (Å²) in [6.45, 7) is 17.8. The standard InChI is InChI=1S/C30H28ClN5O3.C28H34ClN3O3.C26H28ClN5O2/c1-38-23-8-5-21(6-9-23)30(37)36-15-13-25-26-17-22(31)7-12-27(26)34-28(25)29(36)20-3-10-24(11-4-20)39-16-2-14-35-19-32-18-33-35;1-19(2)28(33)32-12-10-23-24-18-21(29)6-9-25(24)30-26(23)27(32)20-4-7-22(8-5-20)35-15-3-11-31-13-16-34-17-14-31;1-17(2)26(33)32-12-10-21-22-14-19(27)6-9-23(22)30-24(21)25(32)18-4-7-20(8-5-18)34-13-3-11-31-16-28-15-29-31/h3-12,17-19,29,34H,2,13-16H2,1H3;4-9,18-19,27,30H,3,10-17H2,1-2H3;4-9,14-17,25,30H,3,10-13H2,1-2H3. The van der Waals surface area contributed by atoms with E-state index < -0.39 is 0 Å². The number of hydrogen-bond donors (Lipinski definition) is 3. The molecule has 0 radical (unpaired) electrons. The first-order valence-corrected chi connectivity index (χ1v) is 38.4. The summed E-state index contributed by atoms with van der Waals surface area (Å²) in [5, 5.41) is 13.8. The zero-order valence-corrected chi connectivity index (χ0v) is 63.7. The number of ether oxygens (including phenoxy) is 5. The van der Waals surface area contributed by atoms with Crippen molar-refractivity contribution in [3.63, 3.8) is 0 Å². The van der Waals surface area contributed by atoms with Crippen molar-refractivity contribution in [3.05, 3.63) is 248 Å². The Kier molecular flexibility index (Phi) is 23.8. The van der Waals surface area contributed by atoms with Crippen molar-refractivity contribution in [1.29, 1.82) is 0 Å². The first-order chi connectivity index (χ1) is 52.6. The van der Waals surface area contributed by atoms with Gasteiger partial charge in [-0.15, -0.1) is 0 Å². The van der Waals surface area contributed by atoms with Crippen LogP contribution in [-0.4, -0.2) is 161 Å². The van der Waals surface area contributed by atoms with Crippen LogP contribution >= 0.6 is 34.8 Å². The van der Waals surface area contributed by atoms with E-state index in [0.29, 0.717) is 55.8 Å². The Bertz CT molecular complexity index is 5020. The Balaban J connectivity index is 0.000000136. The van der Waals surface area contributed by atoms with Crippen molar-refractivity contribution < 1.29 is 38.1 Å². The van der Waals surface area contributed by atoms with Crippen molar-refractivity contribution in [2.75, 3.05) is 79.4 Å². The third-order valence-corrected chi connectivity index (χ3v) is 21.2. The Hall–Kier alpha value is -10.2. The van der Waals surface area contributed by atoms with E-state index in [1.54, 1.807) is 29.1 Å². The van der Waals surface area contributed by atoms with Gasteiger partial charge in [0.2, 0.25) is 11.8 Å². The molecule has 21 nitrogen and oxygen atoms in total. The average molecular weight is 1520 g/mol. The van der Waals surface area contributed by atoms with Gasteiger partial charge in [-0.25, -0.2) is 9.97 Å². The number of aromatic amines is 3. The van der Waals surface area contributed by atoms with Gasteiger partial charge >= 0.3 is 0 Å². The van der Waals surface area contributed by atoms with E-state index in [-0.39, 0.29) is 47.7 Å². The highest BCUT2D eigenvalue weighted by molar-refractivity contribution is 6.32. The van der Waals surface area contributed by atoms with Crippen molar-refractivity contribution in [3.8, 4) is 23.0 Å². The molecule has 24 heteroatoms. The summed E-state index contributed by atoms with van der Waals surface area (Å²) in [5.41, 5.74) is 13.7. The fourth-order valence-corrected chi connectivity index (χ4v) is 15.7. The summed E-state index contributed by atoms with van der Waals surface area (Å²) in [7, 11) is 1.62. The maximum atomic E-state index is 13.8. The minimum absolute atomic E-state index is 0.0292. The maximum absolute atomic E-state index is 13.8. The van der Waals surface area contributed by atoms with Crippen LogP contribution in [0.15, 0.2) is 177 Å². The Labute approximate surface area is 643 Å². The lowest BCUT2D eigenvalue weighted by Gasteiger charge is -2.37. The van der Waals surface area contributed by atoms with Crippen LogP contribution < -0.4 is 18.9 Å². The minimum atomic E-state index is -0.282. The second-order valence-corrected chi connectivity index (χ2v) is 29.6. The van der Waals surface area contributed by atoms with Crippen molar-refractivity contribution in [2.24, 2.45) is 11.8 Å². The summed E-state index contributed by atoms with van der Waals surface area (Å²) in [4.78, 5) is 67.2. The summed E-state index contributed by atoms with van der Waals surface area (Å²) in [6, 6.07) is 48.7. The van der Waals surface area contributed by atoms with Crippen LogP contribution in [0.25, 0.3) is 32.7 Å². The van der Waals surface area contributed by atoms with Gasteiger partial charge in [0.1, 0.15) is 48.3 Å². The molecule has 0 spiro atoms. The molecule has 108 heavy (non-hydrogen) atoms. The molecule has 4 aliphatic rings. The minimum Gasteiger partial charge on any atom is -0.497 e. The number of nitrogens with one attached hydrogen (secondary N) is 3. The number of halogens is 3. The molecular formula is C84H90Cl3N13O8. The van der Waals surface area contributed by atoms with Crippen LogP contribution in [-0.2, 0) is 46.7 Å². The number of hydrogen-bond acceptors (Lipinski definition) is 13.